The number of halogens is 1. The van der Waals surface area contributed by atoms with Crippen LogP contribution in [0.3, 0.4) is 0 Å². The third-order valence-corrected chi connectivity index (χ3v) is 6.70. The van der Waals surface area contributed by atoms with E-state index in [1.54, 1.807) is 0 Å². The van der Waals surface area contributed by atoms with E-state index < -0.39 is 28.9 Å². The third kappa shape index (κ3) is 5.22. The van der Waals surface area contributed by atoms with Crippen molar-refractivity contribution in [2.24, 2.45) is 0 Å². The molecule has 0 saturated carbocycles. The molecular formula is C10H14ClNO6S3. The molecule has 0 aliphatic heterocycles. The Morgan fingerprint density at radius 2 is 1.57 bits per heavy atom. The molecule has 0 aliphatic rings. The second-order valence-corrected chi connectivity index (χ2v) is 11.2. The molecule has 0 spiro atoms. The van der Waals surface area contributed by atoms with Crippen LogP contribution in [-0.4, -0.2) is 55.2 Å². The molecule has 1 rings (SSSR count). The van der Waals surface area contributed by atoms with Gasteiger partial charge in [-0.1, -0.05) is 6.07 Å². The Kier molecular flexibility index (Phi) is 5.43. The van der Waals surface area contributed by atoms with Crippen molar-refractivity contribution < 1.29 is 25.3 Å². The van der Waals surface area contributed by atoms with Crippen molar-refractivity contribution in [3.8, 4) is 0 Å². The van der Waals surface area contributed by atoms with E-state index in [0.29, 0.717) is 0 Å². The van der Waals surface area contributed by atoms with E-state index in [1.165, 1.54) is 19.2 Å². The first-order valence-corrected chi connectivity index (χ1v) is 11.3. The van der Waals surface area contributed by atoms with Gasteiger partial charge in [-0.25, -0.2) is 25.3 Å². The molecular weight excluding hydrogens is 362 g/mol. The van der Waals surface area contributed by atoms with E-state index in [0.717, 1.165) is 22.7 Å². The Hall–Kier alpha value is -0.680. The Morgan fingerprint density at radius 1 is 1.05 bits per heavy atom. The van der Waals surface area contributed by atoms with E-state index in [-0.39, 0.29) is 22.1 Å². The molecule has 7 nitrogen and oxygen atoms in total. The molecule has 0 unspecified atom stereocenters. The molecule has 0 N–H and O–H groups in total. The Morgan fingerprint density at radius 3 is 2.05 bits per heavy atom. The molecule has 0 fully saturated rings. The average molecular weight is 376 g/mol. The summed E-state index contributed by atoms with van der Waals surface area (Å²) in [7, 11) is -4.99. The van der Waals surface area contributed by atoms with Gasteiger partial charge in [0.25, 0.3) is 9.05 Å². The van der Waals surface area contributed by atoms with Gasteiger partial charge in [-0.15, -0.1) is 0 Å². The molecule has 1 aromatic carbocycles. The topological polar surface area (TPSA) is 106 Å². The predicted molar refractivity (Wildman–Crippen MR) is 79.0 cm³/mol. The van der Waals surface area contributed by atoms with Crippen LogP contribution in [0, 0.1) is 0 Å². The van der Waals surface area contributed by atoms with Crippen molar-refractivity contribution in [3.05, 3.63) is 24.3 Å². The largest absolute Gasteiger partial charge is 0.261 e. The van der Waals surface area contributed by atoms with Crippen LogP contribution >= 0.6 is 10.7 Å². The number of hydrogen-bond acceptors (Lipinski definition) is 6. The Bertz CT molecular complexity index is 829. The molecule has 0 saturated heterocycles. The van der Waals surface area contributed by atoms with Gasteiger partial charge in [-0.2, -0.15) is 4.31 Å². The maximum Gasteiger partial charge on any atom is 0.261 e. The van der Waals surface area contributed by atoms with E-state index in [9.17, 15) is 25.3 Å². The second kappa shape index (κ2) is 6.21. The van der Waals surface area contributed by atoms with Gasteiger partial charge in [0.2, 0.25) is 10.0 Å². The van der Waals surface area contributed by atoms with Crippen molar-refractivity contribution in [1.82, 2.24) is 4.31 Å². The Balaban J connectivity index is 3.14. The van der Waals surface area contributed by atoms with Crippen molar-refractivity contribution >= 4 is 39.6 Å². The summed E-state index contributed by atoms with van der Waals surface area (Å²) < 4.78 is 69.9. The lowest BCUT2D eigenvalue weighted by molar-refractivity contribution is 0.484. The lowest BCUT2D eigenvalue weighted by Crippen LogP contribution is -2.31. The zero-order valence-corrected chi connectivity index (χ0v) is 14.4. The van der Waals surface area contributed by atoms with Gasteiger partial charge < -0.3 is 0 Å². The fraction of sp³-hybridized carbons (Fsp3) is 0.400. The van der Waals surface area contributed by atoms with Crippen LogP contribution in [-0.2, 0) is 28.9 Å². The van der Waals surface area contributed by atoms with Gasteiger partial charge in [0.05, 0.1) is 15.5 Å². The lowest BCUT2D eigenvalue weighted by Gasteiger charge is -2.16. The monoisotopic (exact) mass is 375 g/mol. The fourth-order valence-electron chi connectivity index (χ4n) is 1.38. The summed E-state index contributed by atoms with van der Waals surface area (Å²) in [6.07, 6.45) is 0.994. The van der Waals surface area contributed by atoms with Gasteiger partial charge in [0.15, 0.2) is 0 Å². The highest BCUT2D eigenvalue weighted by Crippen LogP contribution is 2.21. The van der Waals surface area contributed by atoms with Gasteiger partial charge in [0.1, 0.15) is 9.84 Å². The van der Waals surface area contributed by atoms with Gasteiger partial charge in [-0.05, 0) is 18.2 Å². The highest BCUT2D eigenvalue weighted by molar-refractivity contribution is 8.13. The van der Waals surface area contributed by atoms with Crippen molar-refractivity contribution in [2.75, 3.05) is 25.6 Å². The van der Waals surface area contributed by atoms with Crippen LogP contribution in [0.2, 0.25) is 0 Å². The number of sulfonamides is 1. The molecule has 120 valence electrons. The summed E-state index contributed by atoms with van der Waals surface area (Å²) in [6.45, 7) is -0.237. The zero-order valence-electron chi connectivity index (χ0n) is 11.2. The minimum absolute atomic E-state index is 0.237. The van der Waals surface area contributed by atoms with Crippen LogP contribution in [0.15, 0.2) is 34.1 Å². The van der Waals surface area contributed by atoms with Crippen LogP contribution in [0.5, 0.6) is 0 Å². The zero-order chi connectivity index (χ0) is 16.5. The first kappa shape index (κ1) is 18.4. The van der Waals surface area contributed by atoms with E-state index in [4.69, 9.17) is 10.7 Å². The van der Waals surface area contributed by atoms with E-state index in [1.807, 2.05) is 0 Å². The number of sulfone groups is 1. The minimum atomic E-state index is -4.05. The van der Waals surface area contributed by atoms with Crippen LogP contribution < -0.4 is 0 Å². The molecule has 21 heavy (non-hydrogen) atoms. The van der Waals surface area contributed by atoms with Crippen LogP contribution in [0.1, 0.15) is 0 Å². The Labute approximate surface area is 128 Å². The maximum atomic E-state index is 12.2. The molecule has 0 atom stereocenters. The molecule has 1 aromatic rings. The maximum absolute atomic E-state index is 12.2. The number of hydrogen-bond donors (Lipinski definition) is 0. The molecule has 0 heterocycles. The quantitative estimate of drug-likeness (QED) is 0.661. The standard InChI is InChI=1S/C10H14ClNO6S3/c1-12(6-7-19(2,13)14)21(17,18)10-5-3-4-9(8-10)20(11,15)16/h3-5,8H,6-7H2,1-2H3. The van der Waals surface area contributed by atoms with Gasteiger partial charge in [-0.3, -0.25) is 0 Å². The highest BCUT2D eigenvalue weighted by Gasteiger charge is 2.23. The third-order valence-electron chi connectivity index (χ3n) is 2.57. The second-order valence-electron chi connectivity index (χ2n) is 4.37. The van der Waals surface area contributed by atoms with Crippen LogP contribution in [0.4, 0.5) is 0 Å². The normalized spacial score (nSPS) is 13.5. The molecule has 0 aromatic heterocycles. The van der Waals surface area contributed by atoms with E-state index in [2.05, 4.69) is 0 Å². The molecule has 0 radical (unpaired) electrons. The smallest absolute Gasteiger partial charge is 0.229 e. The molecule has 11 heteroatoms. The van der Waals surface area contributed by atoms with Crippen molar-refractivity contribution in [2.45, 2.75) is 9.79 Å². The van der Waals surface area contributed by atoms with E-state index >= 15 is 0 Å². The molecule has 0 amide bonds. The molecule has 0 aliphatic carbocycles. The summed E-state index contributed by atoms with van der Waals surface area (Å²) in [6, 6.07) is 4.54. The highest BCUT2D eigenvalue weighted by atomic mass is 35.7. The van der Waals surface area contributed by atoms with Gasteiger partial charge >= 0.3 is 0 Å². The number of rotatable bonds is 6. The first-order valence-electron chi connectivity index (χ1n) is 5.53. The van der Waals surface area contributed by atoms with Crippen molar-refractivity contribution in [1.29, 1.82) is 0 Å². The fourth-order valence-corrected chi connectivity index (χ4v) is 4.19. The summed E-state index contributed by atoms with van der Waals surface area (Å²) in [4.78, 5) is -0.623. The predicted octanol–water partition coefficient (Wildman–Crippen LogP) is 0.279. The minimum Gasteiger partial charge on any atom is -0.229 e. The van der Waals surface area contributed by atoms with Crippen LogP contribution in [0.25, 0.3) is 0 Å². The number of benzene rings is 1. The lowest BCUT2D eigenvalue weighted by atomic mass is 10.4. The SMILES string of the molecule is CN(CCS(C)(=O)=O)S(=O)(=O)c1cccc(S(=O)(=O)Cl)c1. The summed E-state index contributed by atoms with van der Waals surface area (Å²) >= 11 is 0. The van der Waals surface area contributed by atoms with Gasteiger partial charge in [0, 0.05) is 30.5 Å². The first-order chi connectivity index (χ1) is 9.34. The number of nitrogens with zero attached hydrogens (tertiary/aromatic N) is 1. The summed E-state index contributed by atoms with van der Waals surface area (Å²) in [5, 5.41) is 0. The summed E-state index contributed by atoms with van der Waals surface area (Å²) in [5.74, 6) is -0.337. The van der Waals surface area contributed by atoms with Crippen molar-refractivity contribution in [3.63, 3.8) is 0 Å². The average Bonchev–Trinajstić information content (AvgIpc) is 2.34. The molecule has 0 bridgehead atoms. The summed E-state index contributed by atoms with van der Waals surface area (Å²) in [5.41, 5.74) is 0.